The van der Waals surface area contributed by atoms with Gasteiger partial charge in [0, 0.05) is 5.56 Å². The van der Waals surface area contributed by atoms with Crippen LogP contribution in [0.4, 0.5) is 0 Å². The van der Waals surface area contributed by atoms with E-state index in [2.05, 4.69) is 0 Å². The van der Waals surface area contributed by atoms with Gasteiger partial charge >= 0.3 is 8.60 Å². The minimum atomic E-state index is -2.39. The predicted octanol–water partition coefficient (Wildman–Crippen LogP) is 2.58. The van der Waals surface area contributed by atoms with E-state index in [1.807, 2.05) is 26.8 Å². The first-order valence-electron chi connectivity index (χ1n) is 4.89. The molecular formula is C11H17O4P. The fourth-order valence-corrected chi connectivity index (χ4v) is 1.72. The summed E-state index contributed by atoms with van der Waals surface area (Å²) in [5.74, 6) is 1.20. The van der Waals surface area contributed by atoms with E-state index in [1.165, 1.54) is 0 Å². The van der Waals surface area contributed by atoms with Crippen LogP contribution in [0.2, 0.25) is 0 Å². The van der Waals surface area contributed by atoms with Crippen LogP contribution in [-0.4, -0.2) is 16.9 Å². The van der Waals surface area contributed by atoms with Crippen LogP contribution in [0, 0.1) is 0 Å². The van der Waals surface area contributed by atoms with Crippen molar-refractivity contribution in [3.8, 4) is 11.5 Å². The zero-order valence-corrected chi connectivity index (χ0v) is 10.8. The van der Waals surface area contributed by atoms with Gasteiger partial charge in [0.2, 0.25) is 0 Å². The van der Waals surface area contributed by atoms with E-state index in [9.17, 15) is 0 Å². The van der Waals surface area contributed by atoms with Crippen molar-refractivity contribution >= 4 is 8.60 Å². The van der Waals surface area contributed by atoms with Crippen molar-refractivity contribution in [2.75, 3.05) is 7.11 Å². The van der Waals surface area contributed by atoms with E-state index in [0.717, 1.165) is 11.3 Å². The highest BCUT2D eigenvalue weighted by atomic mass is 31.2. The van der Waals surface area contributed by atoms with E-state index in [1.54, 1.807) is 19.2 Å². The molecule has 4 nitrogen and oxygen atoms in total. The van der Waals surface area contributed by atoms with Gasteiger partial charge in [0.1, 0.15) is 11.5 Å². The molecule has 0 aliphatic heterocycles. The Morgan fingerprint density at radius 1 is 1.19 bits per heavy atom. The molecule has 0 atom stereocenters. The van der Waals surface area contributed by atoms with Crippen molar-refractivity contribution in [3.05, 3.63) is 23.8 Å². The maximum Gasteiger partial charge on any atom is 0.391 e. The first kappa shape index (κ1) is 13.2. The van der Waals surface area contributed by atoms with Gasteiger partial charge in [0.05, 0.1) is 7.11 Å². The summed E-state index contributed by atoms with van der Waals surface area (Å²) in [6.07, 6.45) is 0. The molecule has 0 radical (unpaired) electrons. The van der Waals surface area contributed by atoms with Gasteiger partial charge in [-0.1, -0.05) is 20.8 Å². The second-order valence-corrected chi connectivity index (χ2v) is 5.14. The van der Waals surface area contributed by atoms with E-state index in [4.69, 9.17) is 19.0 Å². The van der Waals surface area contributed by atoms with Crippen LogP contribution in [0.1, 0.15) is 26.3 Å². The van der Waals surface area contributed by atoms with E-state index in [-0.39, 0.29) is 5.41 Å². The average Bonchev–Trinajstić information content (AvgIpc) is 2.15. The SMILES string of the molecule is COc1ccc(OP(O)O)c(C(C)(C)C)c1. The second-order valence-electron chi connectivity index (χ2n) is 4.46. The molecule has 1 rings (SSSR count). The fraction of sp³-hybridized carbons (Fsp3) is 0.455. The monoisotopic (exact) mass is 244 g/mol. The molecule has 90 valence electrons. The van der Waals surface area contributed by atoms with E-state index >= 15 is 0 Å². The van der Waals surface area contributed by atoms with Gasteiger partial charge in [-0.05, 0) is 23.6 Å². The molecule has 0 saturated heterocycles. The maximum atomic E-state index is 8.89. The Balaban J connectivity index is 3.17. The van der Waals surface area contributed by atoms with Crippen molar-refractivity contribution in [2.24, 2.45) is 0 Å². The van der Waals surface area contributed by atoms with Gasteiger partial charge in [-0.25, -0.2) is 0 Å². The molecule has 0 fully saturated rings. The van der Waals surface area contributed by atoms with Crippen LogP contribution in [-0.2, 0) is 5.41 Å². The highest BCUT2D eigenvalue weighted by Crippen LogP contribution is 2.39. The number of hydrogen-bond donors (Lipinski definition) is 2. The molecule has 2 N–H and O–H groups in total. The number of hydrogen-bond acceptors (Lipinski definition) is 4. The number of ether oxygens (including phenoxy) is 1. The molecule has 0 amide bonds. The molecule has 0 unspecified atom stereocenters. The standard InChI is InChI=1S/C11H17O4P/c1-11(2,3)9-7-8(14-4)5-6-10(9)15-16(12)13/h5-7,12-13H,1-4H3. The first-order chi connectivity index (χ1) is 7.34. The quantitative estimate of drug-likeness (QED) is 0.802. The lowest BCUT2D eigenvalue weighted by atomic mass is 9.86. The molecule has 0 aromatic heterocycles. The van der Waals surface area contributed by atoms with Crippen LogP contribution < -0.4 is 9.26 Å². The highest BCUT2D eigenvalue weighted by Gasteiger charge is 2.21. The Hall–Kier alpha value is -0.830. The third-order valence-electron chi connectivity index (χ3n) is 2.17. The third-order valence-corrected chi connectivity index (χ3v) is 2.53. The molecular weight excluding hydrogens is 227 g/mol. The van der Waals surface area contributed by atoms with Gasteiger partial charge in [-0.3, -0.25) is 0 Å². The van der Waals surface area contributed by atoms with Gasteiger partial charge in [-0.2, -0.15) is 0 Å². The Labute approximate surface area is 96.8 Å². The van der Waals surface area contributed by atoms with Gasteiger partial charge in [-0.15, -0.1) is 0 Å². The van der Waals surface area contributed by atoms with Crippen molar-refractivity contribution < 1.29 is 19.0 Å². The molecule has 0 spiro atoms. The summed E-state index contributed by atoms with van der Waals surface area (Å²) >= 11 is 0. The van der Waals surface area contributed by atoms with Crippen molar-refractivity contribution in [1.82, 2.24) is 0 Å². The molecule has 0 aliphatic carbocycles. The smallest absolute Gasteiger partial charge is 0.391 e. The number of rotatable bonds is 3. The third kappa shape index (κ3) is 3.34. The number of methoxy groups -OCH3 is 1. The molecule has 0 aliphatic rings. The average molecular weight is 244 g/mol. The molecule has 1 aromatic rings. The zero-order chi connectivity index (χ0) is 12.3. The molecule has 5 heteroatoms. The minimum absolute atomic E-state index is 0.158. The van der Waals surface area contributed by atoms with E-state index < -0.39 is 8.60 Å². The van der Waals surface area contributed by atoms with Crippen LogP contribution in [0.5, 0.6) is 11.5 Å². The summed E-state index contributed by atoms with van der Waals surface area (Å²) in [5, 5.41) is 0. The second kappa shape index (κ2) is 5.00. The van der Waals surface area contributed by atoms with E-state index in [0.29, 0.717) is 5.75 Å². The largest absolute Gasteiger partial charge is 0.497 e. The lowest BCUT2D eigenvalue weighted by Crippen LogP contribution is -2.12. The summed E-state index contributed by atoms with van der Waals surface area (Å²) in [4.78, 5) is 17.8. The lowest BCUT2D eigenvalue weighted by molar-refractivity contribution is 0.367. The zero-order valence-electron chi connectivity index (χ0n) is 9.89. The van der Waals surface area contributed by atoms with Crippen molar-refractivity contribution in [2.45, 2.75) is 26.2 Å². The van der Waals surface area contributed by atoms with Crippen LogP contribution in [0.3, 0.4) is 0 Å². The minimum Gasteiger partial charge on any atom is -0.497 e. The summed E-state index contributed by atoms with van der Waals surface area (Å²) in [5.41, 5.74) is 0.720. The molecule has 1 aromatic carbocycles. The van der Waals surface area contributed by atoms with Crippen LogP contribution in [0.15, 0.2) is 18.2 Å². The summed E-state index contributed by atoms with van der Waals surface area (Å²) < 4.78 is 10.1. The van der Waals surface area contributed by atoms with Crippen molar-refractivity contribution in [1.29, 1.82) is 0 Å². The summed E-state index contributed by atoms with van der Waals surface area (Å²) in [6.45, 7) is 6.06. The Bertz CT molecular complexity index is 357. The lowest BCUT2D eigenvalue weighted by Gasteiger charge is -2.23. The molecule has 16 heavy (non-hydrogen) atoms. The van der Waals surface area contributed by atoms with Crippen LogP contribution >= 0.6 is 8.60 Å². The van der Waals surface area contributed by atoms with Gasteiger partial charge in [0.15, 0.2) is 0 Å². The first-order valence-corrected chi connectivity index (χ1v) is 6.05. The molecule has 0 heterocycles. The summed E-state index contributed by atoms with van der Waals surface area (Å²) in [7, 11) is -0.804. The molecule has 0 bridgehead atoms. The van der Waals surface area contributed by atoms with Crippen LogP contribution in [0.25, 0.3) is 0 Å². The highest BCUT2D eigenvalue weighted by molar-refractivity contribution is 7.39. The van der Waals surface area contributed by atoms with Crippen molar-refractivity contribution in [3.63, 3.8) is 0 Å². The van der Waals surface area contributed by atoms with Gasteiger partial charge in [0.25, 0.3) is 0 Å². The Morgan fingerprint density at radius 2 is 1.81 bits per heavy atom. The summed E-state index contributed by atoms with van der Waals surface area (Å²) in [6, 6.07) is 5.25. The fourth-order valence-electron chi connectivity index (χ4n) is 1.39. The topological polar surface area (TPSA) is 58.9 Å². The normalized spacial score (nSPS) is 11.7. The Morgan fingerprint density at radius 3 is 2.25 bits per heavy atom. The maximum absolute atomic E-state index is 8.89. The predicted molar refractivity (Wildman–Crippen MR) is 63.7 cm³/mol. The van der Waals surface area contributed by atoms with Gasteiger partial charge < -0.3 is 19.0 Å². The molecule has 0 saturated carbocycles. The Kier molecular flexibility index (Phi) is 4.14. The number of benzene rings is 1.